The number of rotatable bonds is 6. The Morgan fingerprint density at radius 3 is 2.76 bits per heavy atom. The number of carbonyl (C=O) groups excluding carboxylic acids is 1. The number of nitrogens with one attached hydrogen (secondary N) is 2. The largest absolute Gasteiger partial charge is 0.468 e. The summed E-state index contributed by atoms with van der Waals surface area (Å²) in [5.41, 5.74) is 3.38. The van der Waals surface area contributed by atoms with E-state index in [2.05, 4.69) is 25.4 Å². The Bertz CT molecular complexity index is 383. The quantitative estimate of drug-likeness (QED) is 0.372. The molecule has 0 aromatic carbocycles. The highest BCUT2D eigenvalue weighted by atomic mass is 16.5. The summed E-state index contributed by atoms with van der Waals surface area (Å²) in [4.78, 5) is 19.1. The lowest BCUT2D eigenvalue weighted by atomic mass is 10.1. The van der Waals surface area contributed by atoms with Gasteiger partial charge in [0.2, 0.25) is 0 Å². The molecule has 0 amide bonds. The summed E-state index contributed by atoms with van der Waals surface area (Å²) in [6.07, 6.45) is 3.08. The summed E-state index contributed by atoms with van der Waals surface area (Å²) in [6, 6.07) is 0. The molecule has 1 heterocycles. The summed E-state index contributed by atoms with van der Waals surface area (Å²) in [7, 11) is 1.34. The van der Waals surface area contributed by atoms with E-state index in [4.69, 9.17) is 5.84 Å². The van der Waals surface area contributed by atoms with Crippen LogP contribution in [-0.4, -0.2) is 29.6 Å². The molecule has 7 nitrogen and oxygen atoms in total. The van der Waals surface area contributed by atoms with Crippen LogP contribution in [0.4, 0.5) is 11.6 Å². The Balaban J connectivity index is 2.85. The first kappa shape index (κ1) is 13.2. The minimum Gasteiger partial charge on any atom is -0.468 e. The van der Waals surface area contributed by atoms with Crippen LogP contribution in [0.5, 0.6) is 0 Å². The van der Waals surface area contributed by atoms with Gasteiger partial charge in [-0.3, -0.25) is 4.79 Å². The van der Waals surface area contributed by atoms with Crippen molar-refractivity contribution >= 4 is 17.6 Å². The van der Waals surface area contributed by atoms with E-state index in [0.29, 0.717) is 11.6 Å². The van der Waals surface area contributed by atoms with E-state index in [0.717, 1.165) is 18.4 Å². The Labute approximate surface area is 99.7 Å². The van der Waals surface area contributed by atoms with Gasteiger partial charge in [-0.05, 0) is 6.42 Å². The van der Waals surface area contributed by atoms with Gasteiger partial charge in [-0.25, -0.2) is 15.8 Å². The molecule has 0 saturated heterocycles. The maximum absolute atomic E-state index is 11.0. The first-order valence-corrected chi connectivity index (χ1v) is 5.34. The minimum absolute atomic E-state index is 0.0637. The van der Waals surface area contributed by atoms with Gasteiger partial charge in [0.25, 0.3) is 0 Å². The second-order valence-corrected chi connectivity index (χ2v) is 3.37. The van der Waals surface area contributed by atoms with E-state index in [1.807, 2.05) is 6.92 Å². The summed E-state index contributed by atoms with van der Waals surface area (Å²) >= 11 is 0. The van der Waals surface area contributed by atoms with Crippen LogP contribution in [-0.2, 0) is 16.0 Å². The predicted octanol–water partition coefficient (Wildman–Crippen LogP) is 0.300. The highest BCUT2D eigenvalue weighted by molar-refractivity contribution is 5.75. The smallest absolute Gasteiger partial charge is 0.325 e. The van der Waals surface area contributed by atoms with E-state index in [1.54, 1.807) is 0 Å². The zero-order valence-corrected chi connectivity index (χ0v) is 9.99. The highest BCUT2D eigenvalue weighted by Gasteiger charge is 2.10. The Hall–Kier alpha value is -1.89. The highest BCUT2D eigenvalue weighted by Crippen LogP contribution is 2.20. The van der Waals surface area contributed by atoms with Crippen molar-refractivity contribution < 1.29 is 9.53 Å². The lowest BCUT2D eigenvalue weighted by Crippen LogP contribution is -2.19. The van der Waals surface area contributed by atoms with Crippen molar-refractivity contribution in [2.24, 2.45) is 5.84 Å². The first-order chi connectivity index (χ1) is 8.22. The number of anilines is 2. The van der Waals surface area contributed by atoms with E-state index >= 15 is 0 Å². The summed E-state index contributed by atoms with van der Waals surface area (Å²) < 4.78 is 4.54. The number of hydrogen-bond acceptors (Lipinski definition) is 7. The van der Waals surface area contributed by atoms with Gasteiger partial charge >= 0.3 is 5.97 Å². The molecule has 0 saturated carbocycles. The zero-order valence-electron chi connectivity index (χ0n) is 9.99. The van der Waals surface area contributed by atoms with Crippen LogP contribution in [0.1, 0.15) is 18.9 Å². The number of nitrogen functional groups attached to an aromatic ring is 1. The molecule has 1 rings (SSSR count). The third-order valence-electron chi connectivity index (χ3n) is 2.21. The average Bonchev–Trinajstić information content (AvgIpc) is 2.37. The molecule has 7 heteroatoms. The summed E-state index contributed by atoms with van der Waals surface area (Å²) in [6.45, 7) is 2.10. The maximum atomic E-state index is 11.0. The number of nitrogens with two attached hydrogens (primary N) is 1. The molecule has 1 aromatic rings. The maximum Gasteiger partial charge on any atom is 0.325 e. The average molecular weight is 239 g/mol. The van der Waals surface area contributed by atoms with Crippen molar-refractivity contribution in [3.8, 4) is 0 Å². The van der Waals surface area contributed by atoms with Gasteiger partial charge in [0.15, 0.2) is 0 Å². The molecule has 0 aliphatic rings. The number of hydrazine groups is 1. The molecule has 1 aromatic heterocycles. The number of carbonyl (C=O) groups is 1. The number of hydrogen-bond donors (Lipinski definition) is 3. The number of esters is 1. The summed E-state index contributed by atoms with van der Waals surface area (Å²) in [5.74, 6) is 6.18. The molecule has 0 aliphatic heterocycles. The Morgan fingerprint density at radius 1 is 1.47 bits per heavy atom. The molecule has 0 fully saturated rings. The van der Waals surface area contributed by atoms with Crippen LogP contribution >= 0.6 is 0 Å². The molecular weight excluding hydrogens is 222 g/mol. The van der Waals surface area contributed by atoms with Crippen molar-refractivity contribution in [2.45, 2.75) is 19.8 Å². The number of aromatic nitrogens is 2. The van der Waals surface area contributed by atoms with Gasteiger partial charge in [-0.2, -0.15) is 0 Å². The van der Waals surface area contributed by atoms with Gasteiger partial charge in [0.1, 0.15) is 24.5 Å². The van der Waals surface area contributed by atoms with Crippen molar-refractivity contribution in [2.75, 3.05) is 24.4 Å². The van der Waals surface area contributed by atoms with E-state index in [-0.39, 0.29) is 12.5 Å². The zero-order chi connectivity index (χ0) is 12.7. The van der Waals surface area contributed by atoms with Crippen LogP contribution in [0.25, 0.3) is 0 Å². The summed E-state index contributed by atoms with van der Waals surface area (Å²) in [5, 5.41) is 2.90. The molecule has 0 unspecified atom stereocenters. The Kier molecular flexibility index (Phi) is 5.15. The third kappa shape index (κ3) is 3.56. The van der Waals surface area contributed by atoms with Crippen molar-refractivity contribution in [3.63, 3.8) is 0 Å². The minimum atomic E-state index is -0.353. The standard InChI is InChI=1S/C10H17N5O2/c1-3-4-7-9(12-5-8(16)17-2)13-6-14-10(7)15-11/h6H,3-5,11H2,1-2H3,(H2,12,13,14,15). The Morgan fingerprint density at radius 2 is 2.18 bits per heavy atom. The normalized spacial score (nSPS) is 9.82. The fraction of sp³-hybridized carbons (Fsp3) is 0.500. The fourth-order valence-electron chi connectivity index (χ4n) is 1.40. The topological polar surface area (TPSA) is 102 Å². The molecule has 0 aliphatic carbocycles. The molecule has 0 radical (unpaired) electrons. The molecule has 17 heavy (non-hydrogen) atoms. The first-order valence-electron chi connectivity index (χ1n) is 5.34. The van der Waals surface area contributed by atoms with E-state index in [1.165, 1.54) is 13.4 Å². The molecular formula is C10H17N5O2. The van der Waals surface area contributed by atoms with E-state index in [9.17, 15) is 4.79 Å². The second kappa shape index (κ2) is 6.64. The molecule has 0 spiro atoms. The van der Waals surface area contributed by atoms with Crippen molar-refractivity contribution in [3.05, 3.63) is 11.9 Å². The fourth-order valence-corrected chi connectivity index (χ4v) is 1.40. The SMILES string of the molecule is CCCc1c(NN)ncnc1NCC(=O)OC. The molecule has 94 valence electrons. The van der Waals surface area contributed by atoms with Gasteiger partial charge in [-0.15, -0.1) is 0 Å². The lowest BCUT2D eigenvalue weighted by molar-refractivity contribution is -0.138. The molecule has 4 N–H and O–H groups in total. The van der Waals surface area contributed by atoms with Crippen LogP contribution < -0.4 is 16.6 Å². The molecule has 0 atom stereocenters. The molecule has 0 bridgehead atoms. The van der Waals surface area contributed by atoms with Gasteiger partial charge in [-0.1, -0.05) is 13.3 Å². The van der Waals surface area contributed by atoms with Gasteiger partial charge in [0.05, 0.1) is 7.11 Å². The van der Waals surface area contributed by atoms with Gasteiger partial charge < -0.3 is 15.5 Å². The van der Waals surface area contributed by atoms with Crippen LogP contribution in [0.15, 0.2) is 6.33 Å². The van der Waals surface area contributed by atoms with Crippen molar-refractivity contribution in [1.82, 2.24) is 9.97 Å². The van der Waals surface area contributed by atoms with Crippen LogP contribution in [0.2, 0.25) is 0 Å². The number of ether oxygens (including phenoxy) is 1. The number of nitrogens with zero attached hydrogens (tertiary/aromatic N) is 2. The van der Waals surface area contributed by atoms with Gasteiger partial charge in [0, 0.05) is 5.56 Å². The van der Waals surface area contributed by atoms with E-state index < -0.39 is 0 Å². The third-order valence-corrected chi connectivity index (χ3v) is 2.21. The van der Waals surface area contributed by atoms with Crippen LogP contribution in [0.3, 0.4) is 0 Å². The van der Waals surface area contributed by atoms with Crippen LogP contribution in [0, 0.1) is 0 Å². The predicted molar refractivity (Wildman–Crippen MR) is 64.3 cm³/mol. The number of methoxy groups -OCH3 is 1. The monoisotopic (exact) mass is 239 g/mol. The van der Waals surface area contributed by atoms with Crippen molar-refractivity contribution in [1.29, 1.82) is 0 Å². The lowest BCUT2D eigenvalue weighted by Gasteiger charge is -2.12. The second-order valence-electron chi connectivity index (χ2n) is 3.37.